The Bertz CT molecular complexity index is 99.2. The van der Waals surface area contributed by atoms with Crippen LogP contribution in [0.5, 0.6) is 0 Å². The van der Waals surface area contributed by atoms with Crippen molar-refractivity contribution >= 4 is 0 Å². The molecule has 0 unspecified atom stereocenters. The summed E-state index contributed by atoms with van der Waals surface area (Å²) in [5.74, 6) is 0. The number of unbranched alkanes of at least 4 members (excludes halogenated alkanes) is 7. The van der Waals surface area contributed by atoms with Crippen LogP contribution in [0, 0.1) is 0 Å². The fraction of sp³-hybridized carbons (Fsp3) is 1.00. The Hall–Kier alpha value is -0.0400. The van der Waals surface area contributed by atoms with Crippen LogP contribution in [-0.2, 0) is 0 Å². The molecule has 0 aromatic heterocycles. The maximum Gasteiger partial charge on any atom is 0.0431 e. The highest BCUT2D eigenvalue weighted by molar-refractivity contribution is 4.51. The van der Waals surface area contributed by atoms with Crippen LogP contribution in [0.3, 0.4) is 0 Å². The first-order chi connectivity index (χ1) is 8.41. The minimum Gasteiger partial charge on any atom is -0.396 e. The van der Waals surface area contributed by atoms with Crippen molar-refractivity contribution in [2.45, 2.75) is 96.8 Å². The molecular formula is C16H34O. The molecule has 0 bridgehead atoms. The highest BCUT2D eigenvalue weighted by Gasteiger charge is 1.95. The lowest BCUT2D eigenvalue weighted by molar-refractivity contribution is 0.282. The van der Waals surface area contributed by atoms with Gasteiger partial charge in [-0.2, -0.15) is 0 Å². The lowest BCUT2D eigenvalue weighted by Crippen LogP contribution is -1.85. The molecular weight excluding hydrogens is 208 g/mol. The third kappa shape index (κ3) is 16.0. The second-order valence-electron chi connectivity index (χ2n) is 5.32. The molecule has 0 spiro atoms. The highest BCUT2D eigenvalue weighted by atomic mass is 16.2. The van der Waals surface area contributed by atoms with Crippen LogP contribution in [0.15, 0.2) is 0 Å². The van der Waals surface area contributed by atoms with Gasteiger partial charge in [0.2, 0.25) is 0 Å². The fourth-order valence-electron chi connectivity index (χ4n) is 2.31. The summed E-state index contributed by atoms with van der Waals surface area (Å²) in [7, 11) is 0. The van der Waals surface area contributed by atoms with Gasteiger partial charge in [-0.15, -0.1) is 0 Å². The van der Waals surface area contributed by atoms with Gasteiger partial charge < -0.3 is 5.11 Å². The Balaban J connectivity index is 0.000000354. The van der Waals surface area contributed by atoms with Crippen molar-refractivity contribution in [3.05, 3.63) is 0 Å². The van der Waals surface area contributed by atoms with Gasteiger partial charge in [-0.05, 0) is 6.42 Å². The van der Waals surface area contributed by atoms with Crippen LogP contribution in [0.25, 0.3) is 0 Å². The van der Waals surface area contributed by atoms with Crippen LogP contribution < -0.4 is 0 Å². The van der Waals surface area contributed by atoms with Crippen molar-refractivity contribution in [2.24, 2.45) is 0 Å². The summed E-state index contributed by atoms with van der Waals surface area (Å²) in [5.41, 5.74) is 0. The van der Waals surface area contributed by atoms with Crippen LogP contribution in [0.1, 0.15) is 96.8 Å². The second kappa shape index (κ2) is 16.0. The third-order valence-corrected chi connectivity index (χ3v) is 3.51. The molecule has 0 atom stereocenters. The van der Waals surface area contributed by atoms with Crippen molar-refractivity contribution in [1.29, 1.82) is 0 Å². The topological polar surface area (TPSA) is 20.2 Å². The van der Waals surface area contributed by atoms with E-state index in [9.17, 15) is 0 Å². The molecule has 1 saturated carbocycles. The molecule has 0 radical (unpaired) electrons. The average Bonchev–Trinajstić information content (AvgIpc) is 2.41. The molecule has 1 fully saturated rings. The Kier molecular flexibility index (Phi) is 15.9. The summed E-state index contributed by atoms with van der Waals surface area (Å²) in [6.07, 6.45) is 19.4. The van der Waals surface area contributed by atoms with Gasteiger partial charge in [0.25, 0.3) is 0 Å². The van der Waals surface area contributed by atoms with Crippen LogP contribution in [0.4, 0.5) is 0 Å². The molecule has 0 aromatic rings. The first kappa shape index (κ1) is 17.0. The van der Waals surface area contributed by atoms with Crippen LogP contribution in [-0.4, -0.2) is 11.7 Å². The van der Waals surface area contributed by atoms with E-state index in [1.54, 1.807) is 0 Å². The molecule has 1 nitrogen and oxygen atoms in total. The highest BCUT2D eigenvalue weighted by Crippen LogP contribution is 2.15. The fourth-order valence-corrected chi connectivity index (χ4v) is 2.31. The molecule has 1 rings (SSSR count). The molecule has 1 aliphatic rings. The minimum absolute atomic E-state index is 0.370. The van der Waals surface area contributed by atoms with Gasteiger partial charge in [0.1, 0.15) is 0 Å². The SMILES string of the molecule is C1CCCCC1.CCCCCCCCCCO. The van der Waals surface area contributed by atoms with Crippen molar-refractivity contribution in [3.63, 3.8) is 0 Å². The van der Waals surface area contributed by atoms with Gasteiger partial charge in [0.05, 0.1) is 0 Å². The lowest BCUT2D eigenvalue weighted by atomic mass is 10.0. The largest absolute Gasteiger partial charge is 0.396 e. The van der Waals surface area contributed by atoms with E-state index >= 15 is 0 Å². The summed E-state index contributed by atoms with van der Waals surface area (Å²) < 4.78 is 0. The van der Waals surface area contributed by atoms with E-state index in [1.165, 1.54) is 83.5 Å². The minimum atomic E-state index is 0.370. The number of aliphatic hydroxyl groups is 1. The Morgan fingerprint density at radius 2 is 0.941 bits per heavy atom. The van der Waals surface area contributed by atoms with Crippen molar-refractivity contribution in [1.82, 2.24) is 0 Å². The van der Waals surface area contributed by atoms with E-state index in [0.29, 0.717) is 6.61 Å². The Morgan fingerprint density at radius 3 is 1.29 bits per heavy atom. The molecule has 0 saturated heterocycles. The van der Waals surface area contributed by atoms with Crippen molar-refractivity contribution < 1.29 is 5.11 Å². The first-order valence-electron chi connectivity index (χ1n) is 8.02. The van der Waals surface area contributed by atoms with Crippen molar-refractivity contribution in [2.75, 3.05) is 6.61 Å². The average molecular weight is 242 g/mol. The Morgan fingerprint density at radius 1 is 0.588 bits per heavy atom. The number of rotatable bonds is 8. The summed E-state index contributed by atoms with van der Waals surface area (Å²) in [5, 5.41) is 8.51. The quantitative estimate of drug-likeness (QED) is 0.560. The standard InChI is InChI=1S/C10H22O.C6H12/c1-2-3-4-5-6-7-8-9-10-11;1-2-4-6-5-3-1/h11H,2-10H2,1H3;1-6H2. The van der Waals surface area contributed by atoms with Gasteiger partial charge in [-0.3, -0.25) is 0 Å². The zero-order valence-corrected chi connectivity index (χ0v) is 12.1. The van der Waals surface area contributed by atoms with E-state index in [2.05, 4.69) is 6.92 Å². The molecule has 0 aliphatic heterocycles. The molecule has 17 heavy (non-hydrogen) atoms. The van der Waals surface area contributed by atoms with Gasteiger partial charge in [0, 0.05) is 6.61 Å². The zero-order chi connectivity index (χ0) is 12.6. The smallest absolute Gasteiger partial charge is 0.0431 e. The molecule has 104 valence electrons. The Labute approximate surface area is 109 Å². The van der Waals surface area contributed by atoms with Gasteiger partial charge >= 0.3 is 0 Å². The molecule has 1 aliphatic carbocycles. The molecule has 1 N–H and O–H groups in total. The number of hydrogen-bond donors (Lipinski definition) is 1. The zero-order valence-electron chi connectivity index (χ0n) is 12.1. The summed E-state index contributed by atoms with van der Waals surface area (Å²) in [4.78, 5) is 0. The summed E-state index contributed by atoms with van der Waals surface area (Å²) in [6.45, 7) is 2.61. The number of aliphatic hydroxyl groups excluding tert-OH is 1. The molecule has 0 aromatic carbocycles. The maximum absolute atomic E-state index is 8.51. The summed E-state index contributed by atoms with van der Waals surface area (Å²) in [6, 6.07) is 0. The predicted molar refractivity (Wildman–Crippen MR) is 77.4 cm³/mol. The van der Waals surface area contributed by atoms with E-state index in [-0.39, 0.29) is 0 Å². The van der Waals surface area contributed by atoms with Gasteiger partial charge in [0.15, 0.2) is 0 Å². The van der Waals surface area contributed by atoms with Crippen molar-refractivity contribution in [3.8, 4) is 0 Å². The van der Waals surface area contributed by atoms with E-state index in [1.807, 2.05) is 0 Å². The molecule has 0 heterocycles. The summed E-state index contributed by atoms with van der Waals surface area (Å²) >= 11 is 0. The number of hydrogen-bond acceptors (Lipinski definition) is 1. The van der Waals surface area contributed by atoms with E-state index in [4.69, 9.17) is 5.11 Å². The normalized spacial score (nSPS) is 15.2. The van der Waals surface area contributed by atoms with Gasteiger partial charge in [-0.1, -0.05) is 90.4 Å². The van der Waals surface area contributed by atoms with E-state index in [0.717, 1.165) is 6.42 Å². The lowest BCUT2D eigenvalue weighted by Gasteiger charge is -2.05. The van der Waals surface area contributed by atoms with Crippen LogP contribution >= 0.6 is 0 Å². The van der Waals surface area contributed by atoms with Gasteiger partial charge in [-0.25, -0.2) is 0 Å². The second-order valence-corrected chi connectivity index (χ2v) is 5.32. The predicted octanol–water partition coefficient (Wildman–Crippen LogP) is 5.46. The monoisotopic (exact) mass is 242 g/mol. The van der Waals surface area contributed by atoms with Crippen LogP contribution in [0.2, 0.25) is 0 Å². The first-order valence-corrected chi connectivity index (χ1v) is 8.02. The molecule has 0 amide bonds. The molecule has 1 heteroatoms. The van der Waals surface area contributed by atoms with E-state index < -0.39 is 0 Å². The maximum atomic E-state index is 8.51. The third-order valence-electron chi connectivity index (χ3n) is 3.51.